The lowest BCUT2D eigenvalue weighted by Gasteiger charge is -2.25. The highest BCUT2D eigenvalue weighted by atomic mass is 16.5. The van der Waals surface area contributed by atoms with Crippen LogP contribution >= 0.6 is 0 Å². The van der Waals surface area contributed by atoms with Gasteiger partial charge in [0.25, 0.3) is 5.91 Å². The predicted molar refractivity (Wildman–Crippen MR) is 106 cm³/mol. The Balaban J connectivity index is 1.50. The van der Waals surface area contributed by atoms with Gasteiger partial charge in [0.1, 0.15) is 5.75 Å². The van der Waals surface area contributed by atoms with Gasteiger partial charge in [-0.25, -0.2) is 0 Å². The Morgan fingerprint density at radius 3 is 2.52 bits per heavy atom. The fraction of sp³-hybridized carbons (Fsp3) is 0.318. The van der Waals surface area contributed by atoms with Gasteiger partial charge in [-0.3, -0.25) is 14.4 Å². The van der Waals surface area contributed by atoms with Gasteiger partial charge in [-0.15, -0.1) is 0 Å². The van der Waals surface area contributed by atoms with E-state index in [1.807, 2.05) is 24.3 Å². The van der Waals surface area contributed by atoms with Crippen molar-refractivity contribution in [3.05, 3.63) is 59.7 Å². The first-order chi connectivity index (χ1) is 14.1. The van der Waals surface area contributed by atoms with Crippen LogP contribution in [0.15, 0.2) is 48.5 Å². The summed E-state index contributed by atoms with van der Waals surface area (Å²) in [6.07, 6.45) is -0.464. The zero-order valence-electron chi connectivity index (χ0n) is 16.2. The topological polar surface area (TPSA) is 90.9 Å². The Labute approximate surface area is 169 Å². The van der Waals surface area contributed by atoms with Crippen LogP contribution < -0.4 is 10.1 Å². The summed E-state index contributed by atoms with van der Waals surface area (Å²) in [5.41, 5.74) is 2.34. The van der Waals surface area contributed by atoms with Gasteiger partial charge >= 0.3 is 11.9 Å². The maximum atomic E-state index is 12.2. The summed E-state index contributed by atoms with van der Waals surface area (Å²) in [7, 11) is 0. The van der Waals surface area contributed by atoms with Crippen molar-refractivity contribution in [2.45, 2.75) is 32.3 Å². The van der Waals surface area contributed by atoms with Crippen LogP contribution in [-0.2, 0) is 36.7 Å². The molecule has 0 aliphatic carbocycles. The summed E-state index contributed by atoms with van der Waals surface area (Å²) >= 11 is 0. The molecule has 0 bridgehead atoms. The van der Waals surface area contributed by atoms with E-state index in [2.05, 4.69) is 5.32 Å². The van der Waals surface area contributed by atoms with Crippen LogP contribution in [0.25, 0.3) is 0 Å². The fourth-order valence-electron chi connectivity index (χ4n) is 3.05. The van der Waals surface area contributed by atoms with Crippen LogP contribution in [0.5, 0.6) is 5.75 Å². The Bertz CT molecular complexity index is 894. The van der Waals surface area contributed by atoms with Gasteiger partial charge < -0.3 is 19.5 Å². The number of anilines is 1. The Morgan fingerprint density at radius 2 is 1.72 bits per heavy atom. The van der Waals surface area contributed by atoms with Crippen LogP contribution in [0.3, 0.4) is 0 Å². The molecule has 1 unspecified atom stereocenters. The molecular formula is C22H23NO6. The van der Waals surface area contributed by atoms with Gasteiger partial charge in [0, 0.05) is 6.42 Å². The van der Waals surface area contributed by atoms with Gasteiger partial charge in [-0.05, 0) is 30.2 Å². The molecule has 1 amide bonds. The number of hydrogen-bond acceptors (Lipinski definition) is 6. The molecule has 0 radical (unpaired) electrons. The average molecular weight is 397 g/mol. The van der Waals surface area contributed by atoms with E-state index in [1.165, 1.54) is 0 Å². The van der Waals surface area contributed by atoms with Crippen molar-refractivity contribution < 1.29 is 28.6 Å². The minimum atomic E-state index is -0.923. The van der Waals surface area contributed by atoms with Crippen LogP contribution in [0, 0.1) is 0 Å². The van der Waals surface area contributed by atoms with Crippen molar-refractivity contribution in [2.75, 3.05) is 18.5 Å². The van der Waals surface area contributed by atoms with E-state index in [4.69, 9.17) is 14.2 Å². The molecule has 7 nitrogen and oxygen atoms in total. The first-order valence-electron chi connectivity index (χ1n) is 9.51. The number of carbonyl (C=O) groups is 3. The minimum absolute atomic E-state index is 0.142. The predicted octanol–water partition coefficient (Wildman–Crippen LogP) is 2.67. The number of rotatable bonds is 8. The SMILES string of the molecule is CCOC(=O)Cc1ccccc1CCOC(=O)CC1Oc2ccccc2NC1=O. The second-order valence-corrected chi connectivity index (χ2v) is 6.52. The number of fused-ring (bicyclic) bond motifs is 1. The van der Waals surface area contributed by atoms with E-state index in [0.717, 1.165) is 11.1 Å². The average Bonchev–Trinajstić information content (AvgIpc) is 2.70. The number of hydrogen-bond donors (Lipinski definition) is 1. The van der Waals surface area contributed by atoms with E-state index in [-0.39, 0.29) is 31.3 Å². The number of nitrogens with one attached hydrogen (secondary N) is 1. The first kappa shape index (κ1) is 20.4. The zero-order chi connectivity index (χ0) is 20.6. The van der Waals surface area contributed by atoms with Crippen molar-refractivity contribution in [2.24, 2.45) is 0 Å². The monoisotopic (exact) mass is 397 g/mol. The molecule has 2 aromatic carbocycles. The second-order valence-electron chi connectivity index (χ2n) is 6.52. The smallest absolute Gasteiger partial charge is 0.310 e. The Hall–Kier alpha value is -3.35. The number of amides is 1. The number of ether oxygens (including phenoxy) is 3. The highest BCUT2D eigenvalue weighted by Gasteiger charge is 2.30. The molecule has 29 heavy (non-hydrogen) atoms. The molecule has 7 heteroatoms. The Kier molecular flexibility index (Phi) is 6.84. The third-order valence-electron chi connectivity index (χ3n) is 4.45. The molecule has 0 saturated carbocycles. The van der Waals surface area contributed by atoms with Crippen LogP contribution in [-0.4, -0.2) is 37.2 Å². The molecule has 0 spiro atoms. The normalized spacial score (nSPS) is 14.9. The molecule has 1 N–H and O–H groups in total. The first-order valence-corrected chi connectivity index (χ1v) is 9.51. The van der Waals surface area contributed by atoms with E-state index >= 15 is 0 Å². The van der Waals surface area contributed by atoms with Crippen molar-refractivity contribution in [3.63, 3.8) is 0 Å². The number of para-hydroxylation sites is 2. The summed E-state index contributed by atoms with van der Waals surface area (Å²) in [6, 6.07) is 14.5. The fourth-order valence-corrected chi connectivity index (χ4v) is 3.05. The van der Waals surface area contributed by atoms with Crippen LogP contribution in [0.1, 0.15) is 24.5 Å². The van der Waals surface area contributed by atoms with Gasteiger partial charge in [-0.1, -0.05) is 36.4 Å². The van der Waals surface area contributed by atoms with Gasteiger partial charge in [0.2, 0.25) is 0 Å². The standard InChI is InChI=1S/C22H23NO6/c1-2-27-20(24)13-16-8-4-3-7-15(16)11-12-28-21(25)14-19-22(26)23-17-9-5-6-10-18(17)29-19/h3-10,19H,2,11-14H2,1H3,(H,23,26). The summed E-state index contributed by atoms with van der Waals surface area (Å²) in [5.74, 6) is -0.664. The molecule has 0 saturated heterocycles. The molecule has 1 heterocycles. The molecule has 3 rings (SSSR count). The van der Waals surface area contributed by atoms with Crippen LogP contribution in [0.4, 0.5) is 5.69 Å². The highest BCUT2D eigenvalue weighted by molar-refractivity contribution is 5.99. The van der Waals surface area contributed by atoms with Crippen molar-refractivity contribution in [3.8, 4) is 5.75 Å². The summed E-state index contributed by atoms with van der Waals surface area (Å²) in [4.78, 5) is 36.0. The third-order valence-corrected chi connectivity index (χ3v) is 4.45. The second kappa shape index (κ2) is 9.73. The summed E-state index contributed by atoms with van der Waals surface area (Å²) in [5, 5.41) is 2.72. The van der Waals surface area contributed by atoms with E-state index in [9.17, 15) is 14.4 Å². The third kappa shape index (κ3) is 5.57. The quantitative estimate of drug-likeness (QED) is 0.689. The van der Waals surface area contributed by atoms with Crippen molar-refractivity contribution >= 4 is 23.5 Å². The zero-order valence-corrected chi connectivity index (χ0v) is 16.2. The lowest BCUT2D eigenvalue weighted by atomic mass is 10.0. The highest BCUT2D eigenvalue weighted by Crippen LogP contribution is 2.29. The molecule has 2 aromatic rings. The lowest BCUT2D eigenvalue weighted by Crippen LogP contribution is -2.38. The maximum absolute atomic E-state index is 12.2. The molecular weight excluding hydrogens is 374 g/mol. The van der Waals surface area contributed by atoms with E-state index < -0.39 is 12.1 Å². The molecule has 1 atom stereocenters. The van der Waals surface area contributed by atoms with Gasteiger partial charge in [-0.2, -0.15) is 0 Å². The largest absolute Gasteiger partial charge is 0.478 e. The van der Waals surface area contributed by atoms with Gasteiger partial charge in [0.05, 0.1) is 31.7 Å². The molecule has 1 aliphatic rings. The summed E-state index contributed by atoms with van der Waals surface area (Å²) in [6.45, 7) is 2.24. The number of carbonyl (C=O) groups excluding carboxylic acids is 3. The molecule has 0 aromatic heterocycles. The van der Waals surface area contributed by atoms with Crippen molar-refractivity contribution in [1.29, 1.82) is 0 Å². The van der Waals surface area contributed by atoms with Gasteiger partial charge in [0.15, 0.2) is 6.10 Å². The maximum Gasteiger partial charge on any atom is 0.310 e. The van der Waals surface area contributed by atoms with E-state index in [1.54, 1.807) is 31.2 Å². The van der Waals surface area contributed by atoms with Crippen LogP contribution in [0.2, 0.25) is 0 Å². The molecule has 1 aliphatic heterocycles. The molecule has 0 fully saturated rings. The lowest BCUT2D eigenvalue weighted by molar-refractivity contribution is -0.147. The van der Waals surface area contributed by atoms with Crippen molar-refractivity contribution in [1.82, 2.24) is 0 Å². The number of benzene rings is 2. The minimum Gasteiger partial charge on any atom is -0.478 e. The number of esters is 2. The Morgan fingerprint density at radius 1 is 1.00 bits per heavy atom. The van der Waals surface area contributed by atoms with E-state index in [0.29, 0.717) is 24.5 Å². The molecule has 152 valence electrons. The summed E-state index contributed by atoms with van der Waals surface area (Å²) < 4.78 is 15.9.